The number of hydrogen-bond acceptors (Lipinski definition) is 5. The van der Waals surface area contributed by atoms with Gasteiger partial charge in [0.2, 0.25) is 5.91 Å². The van der Waals surface area contributed by atoms with Crippen molar-refractivity contribution in [3.8, 4) is 0 Å². The maximum absolute atomic E-state index is 13.2. The first-order chi connectivity index (χ1) is 16.1. The number of carbonyl (C=O) groups is 2. The first-order valence-corrected chi connectivity index (χ1v) is 11.6. The minimum Gasteiger partial charge on any atom is -0.327 e. The summed E-state index contributed by atoms with van der Waals surface area (Å²) >= 11 is 0. The van der Waals surface area contributed by atoms with E-state index in [1.807, 2.05) is 36.1 Å². The number of rotatable bonds is 5. The van der Waals surface area contributed by atoms with Gasteiger partial charge < -0.3 is 4.90 Å². The molecule has 2 aliphatic heterocycles. The van der Waals surface area contributed by atoms with Crippen molar-refractivity contribution in [1.29, 1.82) is 0 Å². The van der Waals surface area contributed by atoms with E-state index in [9.17, 15) is 9.59 Å². The fourth-order valence-corrected chi connectivity index (χ4v) is 4.74. The van der Waals surface area contributed by atoms with Crippen molar-refractivity contribution in [3.63, 3.8) is 0 Å². The van der Waals surface area contributed by atoms with Gasteiger partial charge >= 0.3 is 0 Å². The molecule has 4 heterocycles. The third kappa shape index (κ3) is 4.23. The summed E-state index contributed by atoms with van der Waals surface area (Å²) in [5, 5.41) is 0. The number of hydrogen-bond donors (Lipinski definition) is 0. The molecule has 0 spiro atoms. The summed E-state index contributed by atoms with van der Waals surface area (Å²) in [6.45, 7) is 3.16. The zero-order valence-electron chi connectivity index (χ0n) is 18.8. The molecule has 5 rings (SSSR count). The molecule has 1 saturated heterocycles. The normalized spacial score (nSPS) is 17.8. The van der Waals surface area contributed by atoms with E-state index in [1.165, 1.54) is 5.56 Å². The van der Waals surface area contributed by atoms with Crippen molar-refractivity contribution in [3.05, 3.63) is 83.1 Å². The molecule has 7 nitrogen and oxygen atoms in total. The SMILES string of the molecule is Cc1nc([C@@H]2CCCCN2C(=O)c2ccccn2)nc2c1CC(=O)N2CCc1ccccc1. The molecule has 2 aromatic heterocycles. The van der Waals surface area contributed by atoms with Gasteiger partial charge in [-0.05, 0) is 50.3 Å². The van der Waals surface area contributed by atoms with Crippen LogP contribution in [0.3, 0.4) is 0 Å². The molecule has 168 valence electrons. The molecule has 0 aliphatic carbocycles. The van der Waals surface area contributed by atoms with Crippen LogP contribution in [0.5, 0.6) is 0 Å². The Labute approximate surface area is 193 Å². The smallest absolute Gasteiger partial charge is 0.273 e. The maximum Gasteiger partial charge on any atom is 0.273 e. The van der Waals surface area contributed by atoms with Gasteiger partial charge in [-0.1, -0.05) is 36.4 Å². The average molecular weight is 442 g/mol. The predicted octanol–water partition coefficient (Wildman–Crippen LogP) is 3.68. The highest BCUT2D eigenvalue weighted by atomic mass is 16.2. The van der Waals surface area contributed by atoms with Gasteiger partial charge in [-0.2, -0.15) is 0 Å². The Balaban J connectivity index is 1.44. The number of nitrogens with zero attached hydrogens (tertiary/aromatic N) is 5. The molecule has 33 heavy (non-hydrogen) atoms. The number of likely N-dealkylation sites (tertiary alicyclic amines) is 1. The van der Waals surface area contributed by atoms with Gasteiger partial charge in [-0.25, -0.2) is 9.97 Å². The van der Waals surface area contributed by atoms with Gasteiger partial charge in [0, 0.05) is 30.5 Å². The number of piperidine rings is 1. The Bertz CT molecular complexity index is 1170. The highest BCUT2D eigenvalue weighted by Gasteiger charge is 2.35. The number of aromatic nitrogens is 3. The molecule has 2 aliphatic rings. The third-order valence-corrected chi connectivity index (χ3v) is 6.51. The van der Waals surface area contributed by atoms with Crippen LogP contribution in [-0.2, 0) is 17.6 Å². The van der Waals surface area contributed by atoms with E-state index in [0.29, 0.717) is 36.8 Å². The minimum atomic E-state index is -0.219. The Kier molecular flexibility index (Phi) is 5.86. The van der Waals surface area contributed by atoms with Crippen LogP contribution in [0.1, 0.15) is 58.4 Å². The Morgan fingerprint density at radius 2 is 1.88 bits per heavy atom. The van der Waals surface area contributed by atoms with Crippen LogP contribution in [0.15, 0.2) is 54.7 Å². The predicted molar refractivity (Wildman–Crippen MR) is 125 cm³/mol. The molecule has 2 amide bonds. The van der Waals surface area contributed by atoms with Gasteiger partial charge in [0.15, 0.2) is 5.82 Å². The molecular weight excluding hydrogens is 414 g/mol. The lowest BCUT2D eigenvalue weighted by Gasteiger charge is -2.35. The summed E-state index contributed by atoms with van der Waals surface area (Å²) in [6, 6.07) is 15.3. The Morgan fingerprint density at radius 1 is 1.06 bits per heavy atom. The van der Waals surface area contributed by atoms with Crippen LogP contribution in [0.25, 0.3) is 0 Å². The number of amides is 2. The van der Waals surface area contributed by atoms with E-state index in [-0.39, 0.29) is 17.9 Å². The zero-order chi connectivity index (χ0) is 22.8. The molecule has 7 heteroatoms. The molecule has 3 aromatic rings. The van der Waals surface area contributed by atoms with Crippen LogP contribution < -0.4 is 4.90 Å². The van der Waals surface area contributed by atoms with Gasteiger partial charge in [-0.3, -0.25) is 19.5 Å². The van der Waals surface area contributed by atoms with E-state index in [0.717, 1.165) is 36.9 Å². The number of anilines is 1. The second-order valence-corrected chi connectivity index (χ2v) is 8.65. The summed E-state index contributed by atoms with van der Waals surface area (Å²) in [7, 11) is 0. The number of benzene rings is 1. The largest absolute Gasteiger partial charge is 0.327 e. The highest BCUT2D eigenvalue weighted by molar-refractivity contribution is 6.00. The third-order valence-electron chi connectivity index (χ3n) is 6.51. The molecular formula is C26H27N5O2. The standard InChI is InChI=1S/C26H27N5O2/c1-18-20-17-23(32)31(16-13-19-9-3-2-4-10-19)25(20)29-24(28-18)22-12-6-8-15-30(22)26(33)21-11-5-7-14-27-21/h2-5,7,9-11,14,22H,6,8,12-13,15-17H2,1H3/t22-/m0/s1. The van der Waals surface area contributed by atoms with Gasteiger partial charge in [0.25, 0.3) is 5.91 Å². The van der Waals surface area contributed by atoms with E-state index >= 15 is 0 Å². The summed E-state index contributed by atoms with van der Waals surface area (Å²) < 4.78 is 0. The van der Waals surface area contributed by atoms with Crippen molar-refractivity contribution in [2.24, 2.45) is 0 Å². The number of fused-ring (bicyclic) bond motifs is 1. The first-order valence-electron chi connectivity index (χ1n) is 11.6. The lowest BCUT2D eigenvalue weighted by molar-refractivity contribution is -0.117. The number of carbonyl (C=O) groups excluding carboxylic acids is 2. The molecule has 0 unspecified atom stereocenters. The summed E-state index contributed by atoms with van der Waals surface area (Å²) in [4.78, 5) is 43.6. The van der Waals surface area contributed by atoms with Crippen LogP contribution in [-0.4, -0.2) is 44.8 Å². The van der Waals surface area contributed by atoms with Gasteiger partial charge in [0.1, 0.15) is 11.5 Å². The number of aryl methyl sites for hydroxylation is 1. The molecule has 0 radical (unpaired) electrons. The lowest BCUT2D eigenvalue weighted by Crippen LogP contribution is -2.40. The van der Waals surface area contributed by atoms with Crippen molar-refractivity contribution < 1.29 is 9.59 Å². The van der Waals surface area contributed by atoms with E-state index in [4.69, 9.17) is 9.97 Å². The molecule has 0 bridgehead atoms. The molecule has 1 atom stereocenters. The van der Waals surface area contributed by atoms with Crippen molar-refractivity contribution in [2.45, 2.75) is 45.1 Å². The summed E-state index contributed by atoms with van der Waals surface area (Å²) in [6.07, 6.45) is 5.48. The first kappa shape index (κ1) is 21.2. The quantitative estimate of drug-likeness (QED) is 0.604. The summed E-state index contributed by atoms with van der Waals surface area (Å²) in [5.41, 5.74) is 3.34. The fourth-order valence-electron chi connectivity index (χ4n) is 4.74. The van der Waals surface area contributed by atoms with Crippen LogP contribution in [0.4, 0.5) is 5.82 Å². The van der Waals surface area contributed by atoms with E-state index in [1.54, 1.807) is 23.2 Å². The van der Waals surface area contributed by atoms with Crippen LogP contribution in [0.2, 0.25) is 0 Å². The van der Waals surface area contributed by atoms with Crippen molar-refractivity contribution >= 4 is 17.6 Å². The van der Waals surface area contributed by atoms with Crippen molar-refractivity contribution in [2.75, 3.05) is 18.0 Å². The molecule has 0 N–H and O–H groups in total. The second kappa shape index (κ2) is 9.10. The Hall–Kier alpha value is -3.61. The Morgan fingerprint density at radius 3 is 2.67 bits per heavy atom. The summed E-state index contributed by atoms with van der Waals surface area (Å²) in [5.74, 6) is 1.28. The highest BCUT2D eigenvalue weighted by Crippen LogP contribution is 2.35. The van der Waals surface area contributed by atoms with Crippen LogP contribution in [0, 0.1) is 6.92 Å². The van der Waals surface area contributed by atoms with E-state index in [2.05, 4.69) is 17.1 Å². The van der Waals surface area contributed by atoms with Gasteiger partial charge in [-0.15, -0.1) is 0 Å². The van der Waals surface area contributed by atoms with Gasteiger partial charge in [0.05, 0.1) is 12.5 Å². The van der Waals surface area contributed by atoms with Crippen molar-refractivity contribution in [1.82, 2.24) is 19.9 Å². The molecule has 0 saturated carbocycles. The molecule has 1 fully saturated rings. The maximum atomic E-state index is 13.2. The number of pyridine rings is 1. The topological polar surface area (TPSA) is 79.3 Å². The van der Waals surface area contributed by atoms with E-state index < -0.39 is 0 Å². The second-order valence-electron chi connectivity index (χ2n) is 8.65. The monoisotopic (exact) mass is 441 g/mol. The fraction of sp³-hybridized carbons (Fsp3) is 0.346. The minimum absolute atomic E-state index is 0.0561. The lowest BCUT2D eigenvalue weighted by atomic mass is 10.00. The zero-order valence-corrected chi connectivity index (χ0v) is 18.8. The average Bonchev–Trinajstić information content (AvgIpc) is 3.19. The molecule has 1 aromatic carbocycles. The van der Waals surface area contributed by atoms with Crippen LogP contribution >= 0.6 is 0 Å².